The number of carbonyl (C=O) groups excluding carboxylic acids is 1. The average molecular weight is 211 g/mol. The molecule has 2 unspecified atom stereocenters. The molecule has 0 radical (unpaired) electrons. The highest BCUT2D eigenvalue weighted by atomic mass is 16.5. The van der Waals surface area contributed by atoms with Crippen molar-refractivity contribution in [2.75, 3.05) is 20.2 Å². The molecule has 2 aliphatic rings. The van der Waals surface area contributed by atoms with E-state index in [1.54, 1.807) is 0 Å². The smallest absolute Gasteiger partial charge is 0.310 e. The van der Waals surface area contributed by atoms with E-state index in [4.69, 9.17) is 4.74 Å². The summed E-state index contributed by atoms with van der Waals surface area (Å²) in [4.78, 5) is 11.7. The van der Waals surface area contributed by atoms with Gasteiger partial charge in [-0.3, -0.25) is 4.79 Å². The van der Waals surface area contributed by atoms with Gasteiger partial charge in [-0.2, -0.15) is 0 Å². The SMILES string of the molecule is COC(=O)C1CNCCC1C1CCCC1. The number of hydrogen-bond donors (Lipinski definition) is 1. The van der Waals surface area contributed by atoms with Crippen molar-refractivity contribution < 1.29 is 9.53 Å². The Labute approximate surface area is 91.6 Å². The molecule has 1 saturated heterocycles. The lowest BCUT2D eigenvalue weighted by molar-refractivity contribution is -0.149. The average Bonchev–Trinajstić information content (AvgIpc) is 2.81. The van der Waals surface area contributed by atoms with E-state index >= 15 is 0 Å². The summed E-state index contributed by atoms with van der Waals surface area (Å²) in [7, 11) is 1.50. The topological polar surface area (TPSA) is 38.3 Å². The quantitative estimate of drug-likeness (QED) is 0.705. The van der Waals surface area contributed by atoms with Crippen LogP contribution >= 0.6 is 0 Å². The normalized spacial score (nSPS) is 32.9. The van der Waals surface area contributed by atoms with Crippen LogP contribution in [0.3, 0.4) is 0 Å². The van der Waals surface area contributed by atoms with Gasteiger partial charge in [0.25, 0.3) is 0 Å². The van der Waals surface area contributed by atoms with Gasteiger partial charge in [0.1, 0.15) is 0 Å². The molecule has 0 aromatic heterocycles. The fraction of sp³-hybridized carbons (Fsp3) is 0.917. The van der Waals surface area contributed by atoms with Crippen molar-refractivity contribution >= 4 is 5.97 Å². The van der Waals surface area contributed by atoms with Crippen LogP contribution in [0.5, 0.6) is 0 Å². The number of nitrogens with one attached hydrogen (secondary N) is 1. The number of hydrogen-bond acceptors (Lipinski definition) is 3. The summed E-state index contributed by atoms with van der Waals surface area (Å²) in [6.45, 7) is 1.88. The zero-order chi connectivity index (χ0) is 10.7. The molecule has 3 nitrogen and oxygen atoms in total. The molecule has 1 aliphatic heterocycles. The van der Waals surface area contributed by atoms with Crippen LogP contribution in [0.15, 0.2) is 0 Å². The highest BCUT2D eigenvalue weighted by Gasteiger charge is 2.37. The second-order valence-corrected chi connectivity index (χ2v) is 4.83. The Bertz CT molecular complexity index is 224. The molecular weight excluding hydrogens is 190 g/mol. The van der Waals surface area contributed by atoms with Gasteiger partial charge >= 0.3 is 5.97 Å². The maximum atomic E-state index is 11.7. The molecular formula is C12H21NO2. The molecule has 0 aromatic carbocycles. The van der Waals surface area contributed by atoms with Crippen LogP contribution in [-0.4, -0.2) is 26.2 Å². The van der Waals surface area contributed by atoms with E-state index in [2.05, 4.69) is 5.32 Å². The van der Waals surface area contributed by atoms with Gasteiger partial charge in [-0.05, 0) is 24.8 Å². The van der Waals surface area contributed by atoms with Gasteiger partial charge in [-0.1, -0.05) is 25.7 Å². The molecule has 0 amide bonds. The second-order valence-electron chi connectivity index (χ2n) is 4.83. The molecule has 0 bridgehead atoms. The lowest BCUT2D eigenvalue weighted by Crippen LogP contribution is -2.43. The first-order valence-corrected chi connectivity index (χ1v) is 6.11. The van der Waals surface area contributed by atoms with Gasteiger partial charge in [-0.15, -0.1) is 0 Å². The van der Waals surface area contributed by atoms with E-state index in [1.165, 1.54) is 32.8 Å². The molecule has 15 heavy (non-hydrogen) atoms. The third-order valence-electron chi connectivity index (χ3n) is 4.04. The molecule has 2 atom stereocenters. The minimum atomic E-state index is -0.0147. The molecule has 2 rings (SSSR count). The van der Waals surface area contributed by atoms with Crippen molar-refractivity contribution in [1.82, 2.24) is 5.32 Å². The minimum Gasteiger partial charge on any atom is -0.469 e. The van der Waals surface area contributed by atoms with Gasteiger partial charge in [-0.25, -0.2) is 0 Å². The highest BCUT2D eigenvalue weighted by molar-refractivity contribution is 5.73. The maximum Gasteiger partial charge on any atom is 0.310 e. The van der Waals surface area contributed by atoms with Gasteiger partial charge in [0.15, 0.2) is 0 Å². The molecule has 0 aromatic rings. The molecule has 2 fully saturated rings. The van der Waals surface area contributed by atoms with Crippen molar-refractivity contribution in [3.8, 4) is 0 Å². The Balaban J connectivity index is 2.01. The molecule has 1 heterocycles. The summed E-state index contributed by atoms with van der Waals surface area (Å²) in [5, 5.41) is 3.30. The van der Waals surface area contributed by atoms with Crippen molar-refractivity contribution in [2.24, 2.45) is 17.8 Å². The number of esters is 1. The molecule has 1 aliphatic carbocycles. The van der Waals surface area contributed by atoms with Crippen molar-refractivity contribution in [3.05, 3.63) is 0 Å². The van der Waals surface area contributed by atoms with E-state index in [1.807, 2.05) is 0 Å². The van der Waals surface area contributed by atoms with Crippen LogP contribution in [0.1, 0.15) is 32.1 Å². The van der Waals surface area contributed by atoms with Crippen LogP contribution < -0.4 is 5.32 Å². The van der Waals surface area contributed by atoms with Crippen molar-refractivity contribution in [1.29, 1.82) is 0 Å². The Morgan fingerprint density at radius 2 is 2.00 bits per heavy atom. The van der Waals surface area contributed by atoms with Crippen LogP contribution in [0.25, 0.3) is 0 Å². The summed E-state index contributed by atoms with van der Waals surface area (Å²) < 4.78 is 4.90. The van der Waals surface area contributed by atoms with E-state index < -0.39 is 0 Å². The van der Waals surface area contributed by atoms with Gasteiger partial charge in [0.2, 0.25) is 0 Å². The van der Waals surface area contributed by atoms with Crippen LogP contribution in [0.2, 0.25) is 0 Å². The first-order chi connectivity index (χ1) is 7.33. The number of ether oxygens (including phenoxy) is 1. The Kier molecular flexibility index (Phi) is 3.62. The fourth-order valence-electron chi connectivity index (χ4n) is 3.24. The predicted octanol–water partition coefficient (Wildman–Crippen LogP) is 1.58. The summed E-state index contributed by atoms with van der Waals surface area (Å²) in [5.41, 5.74) is 0. The standard InChI is InChI=1S/C12H21NO2/c1-15-12(14)11-8-13-7-6-10(11)9-4-2-3-5-9/h9-11,13H,2-8H2,1H3. The molecule has 86 valence electrons. The first-order valence-electron chi connectivity index (χ1n) is 6.11. The zero-order valence-electron chi connectivity index (χ0n) is 9.50. The van der Waals surface area contributed by atoms with Gasteiger partial charge in [0, 0.05) is 6.54 Å². The molecule has 1 saturated carbocycles. The van der Waals surface area contributed by atoms with E-state index in [-0.39, 0.29) is 11.9 Å². The fourth-order valence-corrected chi connectivity index (χ4v) is 3.24. The van der Waals surface area contributed by atoms with Gasteiger partial charge in [0.05, 0.1) is 13.0 Å². The number of methoxy groups -OCH3 is 1. The highest BCUT2D eigenvalue weighted by Crippen LogP contribution is 2.38. The lowest BCUT2D eigenvalue weighted by Gasteiger charge is -2.34. The number of piperidine rings is 1. The maximum absolute atomic E-state index is 11.7. The van der Waals surface area contributed by atoms with Crippen LogP contribution in [0.4, 0.5) is 0 Å². The van der Waals surface area contributed by atoms with Crippen molar-refractivity contribution in [3.63, 3.8) is 0 Å². The minimum absolute atomic E-state index is 0.0147. The Morgan fingerprint density at radius 3 is 2.67 bits per heavy atom. The van der Waals surface area contributed by atoms with Gasteiger partial charge < -0.3 is 10.1 Å². The Morgan fingerprint density at radius 1 is 1.27 bits per heavy atom. The first kappa shape index (κ1) is 10.9. The van der Waals surface area contributed by atoms with E-state index in [0.29, 0.717) is 5.92 Å². The third kappa shape index (κ3) is 2.33. The van der Waals surface area contributed by atoms with Crippen LogP contribution in [-0.2, 0) is 9.53 Å². The summed E-state index contributed by atoms with van der Waals surface area (Å²) >= 11 is 0. The predicted molar refractivity (Wildman–Crippen MR) is 58.4 cm³/mol. The largest absolute Gasteiger partial charge is 0.469 e. The number of rotatable bonds is 2. The lowest BCUT2D eigenvalue weighted by atomic mass is 9.76. The van der Waals surface area contributed by atoms with Crippen molar-refractivity contribution in [2.45, 2.75) is 32.1 Å². The van der Waals surface area contributed by atoms with E-state index in [0.717, 1.165) is 25.4 Å². The zero-order valence-corrected chi connectivity index (χ0v) is 9.50. The van der Waals surface area contributed by atoms with E-state index in [9.17, 15) is 4.79 Å². The molecule has 3 heteroatoms. The monoisotopic (exact) mass is 211 g/mol. The summed E-state index contributed by atoms with van der Waals surface area (Å²) in [5.74, 6) is 1.43. The summed E-state index contributed by atoms with van der Waals surface area (Å²) in [6, 6.07) is 0. The number of carbonyl (C=O) groups is 1. The summed E-state index contributed by atoms with van der Waals surface area (Å²) in [6.07, 6.45) is 6.48. The second kappa shape index (κ2) is 4.97. The van der Waals surface area contributed by atoms with Crippen LogP contribution in [0, 0.1) is 17.8 Å². The Hall–Kier alpha value is -0.570. The molecule has 0 spiro atoms. The molecule has 1 N–H and O–H groups in total. The third-order valence-corrected chi connectivity index (χ3v) is 4.04.